The Hall–Kier alpha value is -2.90. The number of carbonyl (C=O) groups excluding carboxylic acids is 2. The molecule has 0 aromatic heterocycles. The van der Waals surface area contributed by atoms with Crippen molar-refractivity contribution < 1.29 is 33.0 Å². The second-order valence-electron chi connectivity index (χ2n) is 10.4. The van der Waals surface area contributed by atoms with E-state index >= 15 is 0 Å². The molecule has 4 atom stereocenters. The molecule has 0 amide bonds. The molecule has 4 aliphatic rings. The highest BCUT2D eigenvalue weighted by Crippen LogP contribution is 2.73. The summed E-state index contributed by atoms with van der Waals surface area (Å²) in [6.45, 7) is 2.26. The van der Waals surface area contributed by atoms with E-state index in [1.54, 1.807) is 24.3 Å². The summed E-state index contributed by atoms with van der Waals surface area (Å²) in [5.41, 5.74) is -0.644. The quantitative estimate of drug-likeness (QED) is 0.338. The maximum Gasteiger partial charge on any atom is 0.512 e. The summed E-state index contributed by atoms with van der Waals surface area (Å²) in [7, 11) is 1.42. The molecule has 4 fully saturated rings. The predicted molar refractivity (Wildman–Crippen MR) is 126 cm³/mol. The smallest absolute Gasteiger partial charge is 0.458 e. The van der Waals surface area contributed by atoms with Crippen LogP contribution in [0.3, 0.4) is 0 Å². The molecular formula is C28H32NO6+. The number of piperidine rings is 2. The lowest BCUT2D eigenvalue weighted by molar-refractivity contribution is -1.05. The Morgan fingerprint density at radius 3 is 2.11 bits per heavy atom. The molecule has 2 aliphatic heterocycles. The van der Waals surface area contributed by atoms with Gasteiger partial charge in [-0.1, -0.05) is 60.7 Å². The van der Waals surface area contributed by atoms with Crippen molar-refractivity contribution in [3.63, 3.8) is 0 Å². The van der Waals surface area contributed by atoms with Crippen molar-refractivity contribution in [1.82, 2.24) is 0 Å². The number of rotatable bonds is 7. The Kier molecular flexibility index (Phi) is 5.38. The number of carbonyl (C=O) groups is 2. The van der Waals surface area contributed by atoms with Crippen LogP contribution in [-0.4, -0.2) is 61.8 Å². The van der Waals surface area contributed by atoms with Crippen LogP contribution in [0.4, 0.5) is 4.79 Å². The van der Waals surface area contributed by atoms with Gasteiger partial charge in [-0.2, -0.15) is 0 Å². The molecule has 35 heavy (non-hydrogen) atoms. The molecule has 7 heteroatoms. The van der Waals surface area contributed by atoms with E-state index in [4.69, 9.17) is 18.9 Å². The van der Waals surface area contributed by atoms with Crippen LogP contribution >= 0.6 is 0 Å². The molecule has 4 unspecified atom stereocenters. The molecule has 0 bridgehead atoms. The summed E-state index contributed by atoms with van der Waals surface area (Å²) in [5, 5.41) is 0. The van der Waals surface area contributed by atoms with Gasteiger partial charge in [0.15, 0.2) is 6.79 Å². The van der Waals surface area contributed by atoms with Gasteiger partial charge in [0.2, 0.25) is 0 Å². The third kappa shape index (κ3) is 3.04. The normalized spacial score (nSPS) is 29.6. The number of methoxy groups -OCH3 is 1. The Morgan fingerprint density at radius 2 is 1.60 bits per heavy atom. The van der Waals surface area contributed by atoms with Gasteiger partial charge in [-0.15, -0.1) is 0 Å². The molecule has 2 aliphatic carbocycles. The molecule has 0 radical (unpaired) electrons. The summed E-state index contributed by atoms with van der Waals surface area (Å²) in [5.74, 6) is -0.576. The number of benzene rings is 2. The summed E-state index contributed by atoms with van der Waals surface area (Å²) in [6.07, 6.45) is 4.68. The van der Waals surface area contributed by atoms with Gasteiger partial charge in [-0.05, 0) is 6.42 Å². The zero-order valence-electron chi connectivity index (χ0n) is 20.1. The van der Waals surface area contributed by atoms with E-state index in [2.05, 4.69) is 0 Å². The van der Waals surface area contributed by atoms with E-state index in [1.807, 2.05) is 36.4 Å². The van der Waals surface area contributed by atoms with E-state index < -0.39 is 17.7 Å². The van der Waals surface area contributed by atoms with E-state index in [0.29, 0.717) is 23.2 Å². The number of nitrogens with zero attached hydrogens (tertiary/aromatic N) is 1. The maximum absolute atomic E-state index is 14.1. The van der Waals surface area contributed by atoms with Gasteiger partial charge in [0, 0.05) is 43.9 Å². The first-order valence-corrected chi connectivity index (χ1v) is 12.6. The van der Waals surface area contributed by atoms with Crippen LogP contribution in [0.25, 0.3) is 0 Å². The molecule has 2 aromatic rings. The number of ether oxygens (including phenoxy) is 4. The fraction of sp³-hybridized carbons (Fsp3) is 0.500. The molecule has 2 saturated carbocycles. The van der Waals surface area contributed by atoms with Crippen LogP contribution in [0.15, 0.2) is 60.7 Å². The van der Waals surface area contributed by atoms with Crippen LogP contribution in [-0.2, 0) is 29.3 Å². The van der Waals surface area contributed by atoms with E-state index in [9.17, 15) is 9.59 Å². The highest BCUT2D eigenvalue weighted by molar-refractivity contribution is 5.88. The van der Waals surface area contributed by atoms with Gasteiger partial charge in [0.1, 0.15) is 23.6 Å². The van der Waals surface area contributed by atoms with Crippen LogP contribution in [0.2, 0.25) is 0 Å². The summed E-state index contributed by atoms with van der Waals surface area (Å²) in [6, 6.07) is 19.3. The largest absolute Gasteiger partial charge is 0.512 e. The lowest BCUT2D eigenvalue weighted by atomic mass is 9.39. The third-order valence-electron chi connectivity index (χ3n) is 9.20. The van der Waals surface area contributed by atoms with Crippen molar-refractivity contribution in [2.24, 2.45) is 5.41 Å². The number of esters is 1. The van der Waals surface area contributed by atoms with Gasteiger partial charge in [-0.25, -0.2) is 9.59 Å². The van der Waals surface area contributed by atoms with Crippen LogP contribution < -0.4 is 0 Å². The SMILES string of the molecule is COCOC(=O)OC(C(=O)OC1CC2C13CCC3[N+]21CCCC1)(c1ccccc1)c1ccccc1. The van der Waals surface area contributed by atoms with Gasteiger partial charge in [0.05, 0.1) is 13.1 Å². The fourth-order valence-corrected chi connectivity index (χ4v) is 7.71. The highest BCUT2D eigenvalue weighted by atomic mass is 16.8. The van der Waals surface area contributed by atoms with Crippen LogP contribution in [0, 0.1) is 5.41 Å². The lowest BCUT2D eigenvalue weighted by Crippen LogP contribution is -2.94. The maximum atomic E-state index is 14.1. The highest BCUT2D eigenvalue weighted by Gasteiger charge is 2.86. The molecular weight excluding hydrogens is 446 g/mol. The molecule has 7 nitrogen and oxygen atoms in total. The van der Waals surface area contributed by atoms with E-state index in [0.717, 1.165) is 12.8 Å². The Labute approximate surface area is 205 Å². The Morgan fingerprint density at radius 1 is 0.971 bits per heavy atom. The summed E-state index contributed by atoms with van der Waals surface area (Å²) in [4.78, 5) is 26.9. The standard InChI is InChI=1S/C28H32NO6/c1-32-19-33-26(31)35-28(20-10-4-2-5-11-20,21-12-6-3-7-13-21)25(30)34-24-18-23-27(24)15-14-22(27)29(23)16-8-9-17-29/h2-7,10-13,22-24H,8-9,14-19H2,1H3/q+1. The Balaban J connectivity index is 1.33. The van der Waals surface area contributed by atoms with Crippen molar-refractivity contribution in [3.8, 4) is 0 Å². The molecule has 0 N–H and O–H groups in total. The first-order valence-electron chi connectivity index (χ1n) is 12.6. The van der Waals surface area contributed by atoms with Gasteiger partial charge in [-0.3, -0.25) is 0 Å². The van der Waals surface area contributed by atoms with E-state index in [-0.39, 0.29) is 18.3 Å². The number of quaternary nitrogens is 1. The monoisotopic (exact) mass is 478 g/mol. The topological polar surface area (TPSA) is 71.1 Å². The molecule has 6 rings (SSSR count). The van der Waals surface area contributed by atoms with Crippen molar-refractivity contribution >= 4 is 12.1 Å². The minimum atomic E-state index is -1.78. The Bertz CT molecular complexity index is 1050. The zero-order valence-corrected chi connectivity index (χ0v) is 20.1. The summed E-state index contributed by atoms with van der Waals surface area (Å²) < 4.78 is 23.3. The lowest BCUT2D eigenvalue weighted by Gasteiger charge is -2.80. The van der Waals surface area contributed by atoms with Crippen molar-refractivity contribution in [2.45, 2.75) is 55.9 Å². The fourth-order valence-electron chi connectivity index (χ4n) is 7.71. The van der Waals surface area contributed by atoms with Crippen molar-refractivity contribution in [2.75, 3.05) is 27.0 Å². The van der Waals surface area contributed by atoms with Gasteiger partial charge in [0.25, 0.3) is 5.60 Å². The zero-order chi connectivity index (χ0) is 24.1. The number of hydrogen-bond donors (Lipinski definition) is 0. The molecule has 2 saturated heterocycles. The molecule has 2 aromatic carbocycles. The molecule has 2 spiro atoms. The minimum absolute atomic E-state index is 0.107. The summed E-state index contributed by atoms with van der Waals surface area (Å²) >= 11 is 0. The first kappa shape index (κ1) is 22.6. The predicted octanol–water partition coefficient (Wildman–Crippen LogP) is 4.14. The van der Waals surface area contributed by atoms with Gasteiger partial charge < -0.3 is 23.4 Å². The minimum Gasteiger partial charge on any atom is -0.458 e. The molecule has 2 heterocycles. The second-order valence-corrected chi connectivity index (χ2v) is 10.4. The number of fused-ring (bicyclic) bond motifs is 2. The first-order chi connectivity index (χ1) is 17.1. The molecule has 184 valence electrons. The second kappa shape index (κ2) is 8.35. The average molecular weight is 479 g/mol. The van der Waals surface area contributed by atoms with Crippen LogP contribution in [0.1, 0.15) is 43.2 Å². The van der Waals surface area contributed by atoms with Crippen LogP contribution in [0.5, 0.6) is 0 Å². The van der Waals surface area contributed by atoms with E-state index in [1.165, 1.54) is 43.9 Å². The average Bonchev–Trinajstić information content (AvgIpc) is 3.34. The number of hydrogen-bond acceptors (Lipinski definition) is 6. The van der Waals surface area contributed by atoms with Crippen molar-refractivity contribution in [3.05, 3.63) is 71.8 Å². The van der Waals surface area contributed by atoms with Crippen molar-refractivity contribution in [1.29, 1.82) is 0 Å². The third-order valence-corrected chi connectivity index (χ3v) is 9.20. The van der Waals surface area contributed by atoms with Gasteiger partial charge >= 0.3 is 12.1 Å².